The molecule has 6 aromatic carbocycles. The molecular weight excluding hydrogens is 470 g/mol. The Morgan fingerprint density at radius 3 is 2.19 bits per heavy atom. The molecule has 2 heterocycles. The second-order valence-electron chi connectivity index (χ2n) is 9.37. The van der Waals surface area contributed by atoms with Gasteiger partial charge in [0.25, 0.3) is 0 Å². The lowest BCUT2D eigenvalue weighted by atomic mass is 10.0. The Hall–Kier alpha value is -4.60. The van der Waals surface area contributed by atoms with E-state index < -0.39 is 0 Å². The van der Waals surface area contributed by atoms with Crippen molar-refractivity contribution in [3.63, 3.8) is 0 Å². The first-order valence-corrected chi connectivity index (χ1v) is 13.3. The van der Waals surface area contributed by atoms with Crippen LogP contribution in [0.4, 0.5) is 17.1 Å². The molecule has 0 spiro atoms. The molecule has 174 valence electrons. The highest BCUT2D eigenvalue weighted by Gasteiger charge is 2.19. The molecule has 0 radical (unpaired) electrons. The zero-order valence-electron chi connectivity index (χ0n) is 19.9. The maximum atomic E-state index is 6.32. The standard InChI is InChI=1S/C34H21NOS/c1-2-9-23(10-3-1)35(29-13-8-16-32-33(29)28-12-5-7-15-31(28)37-32)24-18-20-25-22(21-24)17-19-27-26-11-4-6-14-30(26)36-34(25)27/h1-21H. The largest absolute Gasteiger partial charge is 0.455 e. The molecule has 8 rings (SSSR count). The van der Waals surface area contributed by atoms with Crippen LogP contribution in [0.15, 0.2) is 132 Å². The Morgan fingerprint density at radius 2 is 1.27 bits per heavy atom. The third kappa shape index (κ3) is 3.11. The molecule has 0 fully saturated rings. The lowest BCUT2D eigenvalue weighted by Gasteiger charge is -2.26. The predicted molar refractivity (Wildman–Crippen MR) is 159 cm³/mol. The van der Waals surface area contributed by atoms with Crippen molar-refractivity contribution >= 4 is 81.3 Å². The van der Waals surface area contributed by atoms with Gasteiger partial charge < -0.3 is 9.32 Å². The Kier molecular flexibility index (Phi) is 4.42. The van der Waals surface area contributed by atoms with Crippen LogP contribution in [-0.2, 0) is 0 Å². The highest BCUT2D eigenvalue weighted by molar-refractivity contribution is 7.26. The summed E-state index contributed by atoms with van der Waals surface area (Å²) < 4.78 is 8.92. The fourth-order valence-electron chi connectivity index (χ4n) is 5.58. The Bertz CT molecular complexity index is 2100. The van der Waals surface area contributed by atoms with E-state index in [1.165, 1.54) is 25.9 Å². The van der Waals surface area contributed by atoms with Crippen LogP contribution in [0, 0.1) is 0 Å². The van der Waals surface area contributed by atoms with Gasteiger partial charge in [-0.25, -0.2) is 0 Å². The van der Waals surface area contributed by atoms with Gasteiger partial charge in [-0.1, -0.05) is 66.7 Å². The van der Waals surface area contributed by atoms with Gasteiger partial charge >= 0.3 is 0 Å². The number of benzene rings is 6. The second-order valence-corrected chi connectivity index (χ2v) is 10.4. The highest BCUT2D eigenvalue weighted by atomic mass is 32.1. The zero-order valence-corrected chi connectivity index (χ0v) is 20.7. The van der Waals surface area contributed by atoms with Gasteiger partial charge in [0.2, 0.25) is 0 Å². The minimum atomic E-state index is 0.927. The molecule has 0 bridgehead atoms. The van der Waals surface area contributed by atoms with E-state index in [2.05, 4.69) is 120 Å². The number of hydrogen-bond acceptors (Lipinski definition) is 3. The van der Waals surface area contributed by atoms with E-state index in [1.807, 2.05) is 23.5 Å². The summed E-state index contributed by atoms with van der Waals surface area (Å²) in [6.45, 7) is 0. The van der Waals surface area contributed by atoms with Crippen molar-refractivity contribution in [1.82, 2.24) is 0 Å². The van der Waals surface area contributed by atoms with Crippen LogP contribution in [0.2, 0.25) is 0 Å². The van der Waals surface area contributed by atoms with E-state index in [9.17, 15) is 0 Å². The summed E-state index contributed by atoms with van der Waals surface area (Å²) in [6.07, 6.45) is 0. The fraction of sp³-hybridized carbons (Fsp3) is 0. The first-order valence-electron chi connectivity index (χ1n) is 12.4. The number of furan rings is 1. The summed E-state index contributed by atoms with van der Waals surface area (Å²) in [6, 6.07) is 45.3. The number of rotatable bonds is 3. The van der Waals surface area contributed by atoms with Crippen molar-refractivity contribution in [1.29, 1.82) is 0 Å². The van der Waals surface area contributed by atoms with Crippen LogP contribution in [0.3, 0.4) is 0 Å². The number of thiophene rings is 1. The fourth-order valence-corrected chi connectivity index (χ4v) is 6.71. The van der Waals surface area contributed by atoms with E-state index in [-0.39, 0.29) is 0 Å². The topological polar surface area (TPSA) is 16.4 Å². The molecule has 37 heavy (non-hydrogen) atoms. The van der Waals surface area contributed by atoms with Crippen molar-refractivity contribution in [2.75, 3.05) is 4.90 Å². The molecule has 0 aliphatic rings. The van der Waals surface area contributed by atoms with E-state index in [0.29, 0.717) is 0 Å². The normalized spacial score (nSPS) is 11.8. The van der Waals surface area contributed by atoms with Gasteiger partial charge in [-0.15, -0.1) is 11.3 Å². The van der Waals surface area contributed by atoms with Gasteiger partial charge in [-0.05, 0) is 66.0 Å². The number of nitrogens with zero attached hydrogens (tertiary/aromatic N) is 1. The molecule has 0 atom stereocenters. The van der Waals surface area contributed by atoms with Crippen LogP contribution >= 0.6 is 11.3 Å². The van der Waals surface area contributed by atoms with Crippen LogP contribution in [0.1, 0.15) is 0 Å². The number of para-hydroxylation sites is 2. The van der Waals surface area contributed by atoms with E-state index >= 15 is 0 Å². The van der Waals surface area contributed by atoms with Crippen molar-refractivity contribution in [2.45, 2.75) is 0 Å². The maximum absolute atomic E-state index is 6.32. The van der Waals surface area contributed by atoms with Crippen LogP contribution in [0.25, 0.3) is 52.9 Å². The first kappa shape index (κ1) is 20.6. The molecule has 2 aromatic heterocycles. The maximum Gasteiger partial charge on any atom is 0.143 e. The quantitative estimate of drug-likeness (QED) is 0.244. The highest BCUT2D eigenvalue weighted by Crippen LogP contribution is 2.45. The SMILES string of the molecule is c1ccc(N(c2ccc3c(ccc4c5ccccc5oc34)c2)c2cccc3sc4ccccc4c23)cc1. The molecule has 0 aliphatic heterocycles. The minimum absolute atomic E-state index is 0.927. The summed E-state index contributed by atoms with van der Waals surface area (Å²) in [5, 5.41) is 7.19. The summed E-state index contributed by atoms with van der Waals surface area (Å²) in [5.74, 6) is 0. The van der Waals surface area contributed by atoms with Crippen molar-refractivity contribution < 1.29 is 4.42 Å². The lowest BCUT2D eigenvalue weighted by Crippen LogP contribution is -2.10. The lowest BCUT2D eigenvalue weighted by molar-refractivity contribution is 0.672. The summed E-state index contributed by atoms with van der Waals surface area (Å²) in [5.41, 5.74) is 5.31. The number of fused-ring (bicyclic) bond motifs is 8. The molecule has 0 unspecified atom stereocenters. The van der Waals surface area contributed by atoms with Crippen LogP contribution < -0.4 is 4.90 Å². The average molecular weight is 492 g/mol. The smallest absolute Gasteiger partial charge is 0.143 e. The Labute approximate surface area is 217 Å². The predicted octanol–water partition coefficient (Wildman–Crippen LogP) is 10.6. The molecule has 8 aromatic rings. The molecule has 0 saturated carbocycles. The molecule has 0 aliphatic carbocycles. The van der Waals surface area contributed by atoms with Crippen molar-refractivity contribution in [3.8, 4) is 0 Å². The molecule has 0 N–H and O–H groups in total. The molecular formula is C34H21NOS. The second kappa shape index (κ2) is 7.95. The van der Waals surface area contributed by atoms with Crippen LogP contribution in [-0.4, -0.2) is 0 Å². The van der Waals surface area contributed by atoms with Gasteiger partial charge in [-0.3, -0.25) is 0 Å². The van der Waals surface area contributed by atoms with Gasteiger partial charge in [0.05, 0.1) is 5.69 Å². The Morgan fingerprint density at radius 1 is 0.514 bits per heavy atom. The van der Waals surface area contributed by atoms with E-state index in [1.54, 1.807) is 0 Å². The number of hydrogen-bond donors (Lipinski definition) is 0. The first-order chi connectivity index (χ1) is 18.3. The molecule has 2 nitrogen and oxygen atoms in total. The van der Waals surface area contributed by atoms with Crippen molar-refractivity contribution in [3.05, 3.63) is 127 Å². The zero-order chi connectivity index (χ0) is 24.3. The van der Waals surface area contributed by atoms with E-state index in [0.717, 1.165) is 44.1 Å². The van der Waals surface area contributed by atoms with E-state index in [4.69, 9.17) is 4.42 Å². The third-order valence-electron chi connectivity index (χ3n) is 7.24. The summed E-state index contributed by atoms with van der Waals surface area (Å²) in [4.78, 5) is 2.38. The van der Waals surface area contributed by atoms with Crippen molar-refractivity contribution in [2.24, 2.45) is 0 Å². The minimum Gasteiger partial charge on any atom is -0.455 e. The molecule has 0 saturated heterocycles. The number of anilines is 3. The van der Waals surface area contributed by atoms with Gasteiger partial charge in [0.15, 0.2) is 0 Å². The third-order valence-corrected chi connectivity index (χ3v) is 8.37. The van der Waals surface area contributed by atoms with Gasteiger partial charge in [-0.2, -0.15) is 0 Å². The average Bonchev–Trinajstić information content (AvgIpc) is 3.53. The molecule has 0 amide bonds. The van der Waals surface area contributed by atoms with Gasteiger partial charge in [0.1, 0.15) is 11.2 Å². The summed E-state index contributed by atoms with van der Waals surface area (Å²) >= 11 is 1.85. The summed E-state index contributed by atoms with van der Waals surface area (Å²) in [7, 11) is 0. The van der Waals surface area contributed by atoms with Gasteiger partial charge in [0, 0.05) is 47.7 Å². The van der Waals surface area contributed by atoms with Crippen LogP contribution in [0.5, 0.6) is 0 Å². The Balaban J connectivity index is 1.40. The molecule has 3 heteroatoms. The monoisotopic (exact) mass is 491 g/mol.